The number of carbonyl (C=O) groups is 3. The zero-order valence-electron chi connectivity index (χ0n) is 27.4. The summed E-state index contributed by atoms with van der Waals surface area (Å²) in [4.78, 5) is 54.6. The summed E-state index contributed by atoms with van der Waals surface area (Å²) in [6.07, 6.45) is -3.45. The Morgan fingerprint density at radius 1 is 1.10 bits per heavy atom. The van der Waals surface area contributed by atoms with Crippen LogP contribution in [0.2, 0.25) is 0 Å². The number of nitrogens with zero attached hydrogens (tertiary/aromatic N) is 7. The summed E-state index contributed by atoms with van der Waals surface area (Å²) in [6, 6.07) is 5.45. The molecule has 15 heteroatoms. The molecule has 49 heavy (non-hydrogen) atoms. The molecule has 5 aliphatic heterocycles. The molecule has 0 radical (unpaired) electrons. The van der Waals surface area contributed by atoms with Crippen molar-refractivity contribution < 1.29 is 36.7 Å². The molecule has 3 amide bonds. The second kappa shape index (κ2) is 12.7. The maximum Gasteiger partial charge on any atom is 0.416 e. The third kappa shape index (κ3) is 6.05. The first kappa shape index (κ1) is 33.4. The Labute approximate surface area is 281 Å². The summed E-state index contributed by atoms with van der Waals surface area (Å²) in [5.41, 5.74) is -0.341. The van der Waals surface area contributed by atoms with Crippen LogP contribution in [0.5, 0.6) is 0 Å². The normalized spacial score (nSPS) is 26.7. The quantitative estimate of drug-likeness (QED) is 0.339. The maximum absolute atomic E-state index is 15.7. The predicted molar refractivity (Wildman–Crippen MR) is 173 cm³/mol. The van der Waals surface area contributed by atoms with Crippen molar-refractivity contribution in [3.63, 3.8) is 0 Å². The van der Waals surface area contributed by atoms with E-state index < -0.39 is 41.3 Å². The molecular formula is C34H39F4N7O4. The molecule has 1 aromatic heterocycles. The molecule has 4 saturated heterocycles. The number of anilines is 3. The van der Waals surface area contributed by atoms with E-state index in [9.17, 15) is 27.6 Å². The number of para-hydroxylation sites is 1. The second-order valence-electron chi connectivity index (χ2n) is 13.6. The van der Waals surface area contributed by atoms with Gasteiger partial charge in [-0.2, -0.15) is 13.2 Å². The molecule has 4 atom stereocenters. The van der Waals surface area contributed by atoms with Crippen LogP contribution in [0.3, 0.4) is 0 Å². The van der Waals surface area contributed by atoms with Crippen LogP contribution in [0.15, 0.2) is 43.0 Å². The van der Waals surface area contributed by atoms with Gasteiger partial charge in [-0.05, 0) is 37.3 Å². The van der Waals surface area contributed by atoms with Gasteiger partial charge in [0.1, 0.15) is 17.7 Å². The Morgan fingerprint density at radius 2 is 1.88 bits per heavy atom. The molecule has 0 unspecified atom stereocenters. The van der Waals surface area contributed by atoms with Crippen LogP contribution in [-0.2, 0) is 25.3 Å². The van der Waals surface area contributed by atoms with Crippen molar-refractivity contribution >= 4 is 34.9 Å². The highest BCUT2D eigenvalue weighted by Gasteiger charge is 2.50. The summed E-state index contributed by atoms with van der Waals surface area (Å²) in [5, 5.41) is 0. The Balaban J connectivity index is 1.13. The fourth-order valence-corrected chi connectivity index (χ4v) is 8.13. The Hall–Kier alpha value is -4.08. The third-order valence-corrected chi connectivity index (χ3v) is 10.5. The standard InChI is InChI=1S/C34H39F4N7O4/c1-4-29(46)43-16-23(17-43)44-10-11-49-27-19-41(18-26(27)44)8-9-42-15-21-13-30(47)45(28-14-22(34(36,37)38)12-20(2)39-28)31(21)33(48)40(3)25-7-5-6-24(35)32(25)42/h4-7,12,14,21,23,26-27,31H,1,8-11,13,15-19H2,2-3H3/t21-,26-,27-,31+/m1/s1. The molecule has 0 N–H and O–H groups in total. The van der Waals surface area contributed by atoms with Crippen LogP contribution in [0, 0.1) is 18.7 Å². The van der Waals surface area contributed by atoms with Gasteiger partial charge >= 0.3 is 6.18 Å². The van der Waals surface area contributed by atoms with E-state index in [1.54, 1.807) is 11.0 Å². The maximum atomic E-state index is 15.7. The van der Waals surface area contributed by atoms with Gasteiger partial charge in [-0.15, -0.1) is 0 Å². The molecule has 2 aromatic rings. The van der Waals surface area contributed by atoms with Gasteiger partial charge in [-0.25, -0.2) is 9.37 Å². The minimum atomic E-state index is -4.67. The van der Waals surface area contributed by atoms with E-state index in [0.717, 1.165) is 30.1 Å². The summed E-state index contributed by atoms with van der Waals surface area (Å²) in [5.74, 6) is -2.49. The first-order valence-corrected chi connectivity index (χ1v) is 16.5. The molecule has 7 rings (SSSR count). The number of aromatic nitrogens is 1. The number of amides is 3. The van der Waals surface area contributed by atoms with Crippen LogP contribution >= 0.6 is 0 Å². The Kier molecular flexibility index (Phi) is 8.64. The highest BCUT2D eigenvalue weighted by atomic mass is 19.4. The molecule has 6 heterocycles. The van der Waals surface area contributed by atoms with Gasteiger partial charge in [0, 0.05) is 83.5 Å². The third-order valence-electron chi connectivity index (χ3n) is 10.5. The SMILES string of the molecule is C=CC(=O)N1CC(N2CCO[C@@H]3CN(CCN4C[C@H]5CC(=O)N(c6cc(C(F)(F)F)cc(C)n6)[C@@H]5C(=O)N(C)c5cccc(F)c54)C[C@H]32)C1. The van der Waals surface area contributed by atoms with Crippen molar-refractivity contribution in [1.29, 1.82) is 0 Å². The van der Waals surface area contributed by atoms with E-state index in [1.807, 2.05) is 4.90 Å². The van der Waals surface area contributed by atoms with E-state index in [0.29, 0.717) is 45.0 Å². The topological polar surface area (TPSA) is 92.8 Å². The first-order valence-electron chi connectivity index (χ1n) is 16.5. The van der Waals surface area contributed by atoms with Gasteiger partial charge in [-0.1, -0.05) is 12.6 Å². The molecule has 262 valence electrons. The van der Waals surface area contributed by atoms with Crippen molar-refractivity contribution in [2.45, 2.75) is 43.8 Å². The number of halogens is 4. The van der Waals surface area contributed by atoms with E-state index in [-0.39, 0.29) is 54.3 Å². The van der Waals surface area contributed by atoms with Gasteiger partial charge in [0.25, 0.3) is 0 Å². The Morgan fingerprint density at radius 3 is 2.61 bits per heavy atom. The van der Waals surface area contributed by atoms with Crippen LogP contribution < -0.4 is 14.7 Å². The summed E-state index contributed by atoms with van der Waals surface area (Å²) in [6.45, 7) is 10.1. The van der Waals surface area contributed by atoms with E-state index >= 15 is 4.39 Å². The van der Waals surface area contributed by atoms with Crippen molar-refractivity contribution in [2.24, 2.45) is 5.92 Å². The molecule has 0 saturated carbocycles. The van der Waals surface area contributed by atoms with Gasteiger partial charge in [0.15, 0.2) is 0 Å². The fraction of sp³-hybridized carbons (Fsp3) is 0.529. The molecule has 11 nitrogen and oxygen atoms in total. The second-order valence-corrected chi connectivity index (χ2v) is 13.6. The zero-order valence-corrected chi connectivity index (χ0v) is 27.4. The number of hydrogen-bond acceptors (Lipinski definition) is 8. The van der Waals surface area contributed by atoms with Crippen LogP contribution in [-0.4, -0.2) is 128 Å². The number of alkyl halides is 3. The lowest BCUT2D eigenvalue weighted by molar-refractivity contribution is -0.139. The predicted octanol–water partition coefficient (Wildman–Crippen LogP) is 2.53. The van der Waals surface area contributed by atoms with E-state index in [1.165, 1.54) is 37.1 Å². The Bertz CT molecular complexity index is 1670. The number of morpholine rings is 1. The highest BCUT2D eigenvalue weighted by molar-refractivity contribution is 6.10. The largest absolute Gasteiger partial charge is 0.416 e. The van der Waals surface area contributed by atoms with Gasteiger partial charge in [0.2, 0.25) is 17.7 Å². The van der Waals surface area contributed by atoms with Crippen LogP contribution in [0.25, 0.3) is 0 Å². The minimum Gasteiger partial charge on any atom is -0.374 e. The van der Waals surface area contributed by atoms with Crippen molar-refractivity contribution in [2.75, 3.05) is 80.7 Å². The lowest BCUT2D eigenvalue weighted by atomic mass is 9.95. The number of rotatable bonds is 6. The number of fused-ring (bicyclic) bond motifs is 3. The molecule has 0 aliphatic carbocycles. The molecule has 4 fully saturated rings. The van der Waals surface area contributed by atoms with Crippen molar-refractivity contribution in [3.8, 4) is 0 Å². The van der Waals surface area contributed by atoms with Crippen LogP contribution in [0.4, 0.5) is 34.8 Å². The first-order chi connectivity index (χ1) is 23.3. The summed E-state index contributed by atoms with van der Waals surface area (Å²) < 4.78 is 63.1. The number of hydrogen-bond donors (Lipinski definition) is 0. The lowest BCUT2D eigenvalue weighted by Gasteiger charge is -2.50. The number of benzene rings is 1. The monoisotopic (exact) mass is 685 g/mol. The molecule has 5 aliphatic rings. The van der Waals surface area contributed by atoms with Crippen molar-refractivity contribution in [3.05, 3.63) is 60.1 Å². The van der Waals surface area contributed by atoms with Gasteiger partial charge < -0.3 is 19.4 Å². The molecule has 1 aromatic carbocycles. The molecular weight excluding hydrogens is 646 g/mol. The number of carbonyl (C=O) groups excluding carboxylic acids is 3. The van der Waals surface area contributed by atoms with Crippen molar-refractivity contribution in [1.82, 2.24) is 19.7 Å². The molecule has 0 spiro atoms. The number of likely N-dealkylation sites (tertiary alicyclic amines) is 2. The average molecular weight is 686 g/mol. The van der Waals surface area contributed by atoms with E-state index in [2.05, 4.69) is 21.4 Å². The highest BCUT2D eigenvalue weighted by Crippen LogP contribution is 2.41. The smallest absolute Gasteiger partial charge is 0.374 e. The summed E-state index contributed by atoms with van der Waals surface area (Å²) in [7, 11) is 1.49. The molecule has 0 bridgehead atoms. The number of pyridine rings is 1. The van der Waals surface area contributed by atoms with Gasteiger partial charge in [0.05, 0.1) is 35.7 Å². The zero-order chi connectivity index (χ0) is 34.8. The minimum absolute atomic E-state index is 0.00757. The van der Waals surface area contributed by atoms with Crippen LogP contribution in [0.1, 0.15) is 17.7 Å². The average Bonchev–Trinajstić information content (AvgIpc) is 3.60. The van der Waals surface area contributed by atoms with E-state index in [4.69, 9.17) is 4.74 Å². The van der Waals surface area contributed by atoms with Gasteiger partial charge in [-0.3, -0.25) is 29.1 Å². The number of ether oxygens (including phenoxy) is 1. The lowest BCUT2D eigenvalue weighted by Crippen LogP contribution is -2.66. The number of aryl methyl sites for hydroxylation is 1. The fourth-order valence-electron chi connectivity index (χ4n) is 8.13. The number of likely N-dealkylation sites (N-methyl/N-ethyl adjacent to an activating group) is 1. The summed E-state index contributed by atoms with van der Waals surface area (Å²) >= 11 is 0.